The third-order valence-corrected chi connectivity index (χ3v) is 3.65. The number of likely N-dealkylation sites (tertiary alicyclic amines) is 1. The first-order valence-electron chi connectivity index (χ1n) is 6.22. The van der Waals surface area contributed by atoms with Crippen LogP contribution in [0.2, 0.25) is 0 Å². The summed E-state index contributed by atoms with van der Waals surface area (Å²) in [6, 6.07) is 0. The van der Waals surface area contributed by atoms with E-state index in [-0.39, 0.29) is 0 Å². The van der Waals surface area contributed by atoms with Crippen molar-refractivity contribution >= 4 is 0 Å². The highest BCUT2D eigenvalue weighted by Crippen LogP contribution is 2.26. The number of rotatable bonds is 2. The lowest BCUT2D eigenvalue weighted by Crippen LogP contribution is -2.37. The summed E-state index contributed by atoms with van der Waals surface area (Å²) in [5, 5.41) is 0. The maximum atomic E-state index is 12.9. The van der Waals surface area contributed by atoms with Crippen LogP contribution >= 0.6 is 0 Å². The fourth-order valence-corrected chi connectivity index (χ4v) is 2.55. The molecule has 0 radical (unpaired) electrons. The Kier molecular flexibility index (Phi) is 3.98. The summed E-state index contributed by atoms with van der Waals surface area (Å²) in [5.41, 5.74) is 0. The van der Waals surface area contributed by atoms with Crippen LogP contribution in [0.5, 0.6) is 0 Å². The smallest absolute Gasteiger partial charge is 0.100 e. The van der Waals surface area contributed by atoms with Gasteiger partial charge in [-0.15, -0.1) is 0 Å². The van der Waals surface area contributed by atoms with Gasteiger partial charge in [0, 0.05) is 13.1 Å². The van der Waals surface area contributed by atoms with Crippen molar-refractivity contribution < 1.29 is 9.13 Å². The molecule has 0 bridgehead atoms. The SMILES string of the molecule is CN1CCC(OC2CCC(F)CC2)CC1. The first-order chi connectivity index (χ1) is 7.24. The average Bonchev–Trinajstić information content (AvgIpc) is 2.25. The van der Waals surface area contributed by atoms with Crippen LogP contribution < -0.4 is 0 Å². The lowest BCUT2D eigenvalue weighted by Gasteiger charge is -2.33. The highest BCUT2D eigenvalue weighted by atomic mass is 19.1. The molecule has 2 aliphatic rings. The van der Waals surface area contributed by atoms with E-state index in [0.29, 0.717) is 25.0 Å². The molecule has 0 unspecified atom stereocenters. The summed E-state index contributed by atoms with van der Waals surface area (Å²) < 4.78 is 19.0. The third-order valence-electron chi connectivity index (χ3n) is 3.65. The van der Waals surface area contributed by atoms with Gasteiger partial charge in [-0.25, -0.2) is 4.39 Å². The summed E-state index contributed by atoms with van der Waals surface area (Å²) in [6.45, 7) is 2.28. The van der Waals surface area contributed by atoms with Crippen molar-refractivity contribution in [3.05, 3.63) is 0 Å². The van der Waals surface area contributed by atoms with Crippen molar-refractivity contribution in [2.24, 2.45) is 0 Å². The van der Waals surface area contributed by atoms with E-state index in [1.165, 1.54) is 0 Å². The van der Waals surface area contributed by atoms with Crippen molar-refractivity contribution in [3.8, 4) is 0 Å². The van der Waals surface area contributed by atoms with Crippen molar-refractivity contribution in [1.29, 1.82) is 0 Å². The van der Waals surface area contributed by atoms with E-state index < -0.39 is 6.17 Å². The van der Waals surface area contributed by atoms with Gasteiger partial charge in [-0.3, -0.25) is 0 Å². The zero-order valence-electron chi connectivity index (χ0n) is 9.62. The molecule has 0 N–H and O–H groups in total. The summed E-state index contributed by atoms with van der Waals surface area (Å²) in [4.78, 5) is 2.35. The second kappa shape index (κ2) is 5.26. The van der Waals surface area contributed by atoms with Gasteiger partial charge in [-0.1, -0.05) is 0 Å². The van der Waals surface area contributed by atoms with Crippen LogP contribution in [0.3, 0.4) is 0 Å². The van der Waals surface area contributed by atoms with E-state index in [0.717, 1.165) is 38.8 Å². The van der Waals surface area contributed by atoms with Gasteiger partial charge in [0.15, 0.2) is 0 Å². The van der Waals surface area contributed by atoms with Gasteiger partial charge in [-0.05, 0) is 45.6 Å². The molecule has 1 saturated heterocycles. The number of hydrogen-bond donors (Lipinski definition) is 0. The zero-order chi connectivity index (χ0) is 10.7. The van der Waals surface area contributed by atoms with Crippen molar-refractivity contribution in [1.82, 2.24) is 4.90 Å². The van der Waals surface area contributed by atoms with Crippen molar-refractivity contribution in [2.45, 2.75) is 56.9 Å². The molecule has 0 atom stereocenters. The molecule has 1 saturated carbocycles. The number of piperidine rings is 1. The minimum atomic E-state index is -0.567. The molecule has 0 aromatic rings. The van der Waals surface area contributed by atoms with Gasteiger partial charge >= 0.3 is 0 Å². The van der Waals surface area contributed by atoms with Crippen LogP contribution in [-0.2, 0) is 4.74 Å². The fraction of sp³-hybridized carbons (Fsp3) is 1.00. The van der Waals surface area contributed by atoms with Gasteiger partial charge in [0.05, 0.1) is 12.2 Å². The number of nitrogens with zero attached hydrogens (tertiary/aromatic N) is 1. The van der Waals surface area contributed by atoms with Gasteiger partial charge in [0.25, 0.3) is 0 Å². The Hall–Kier alpha value is -0.150. The van der Waals surface area contributed by atoms with Gasteiger partial charge in [-0.2, -0.15) is 0 Å². The first-order valence-corrected chi connectivity index (χ1v) is 6.22. The molecule has 0 aromatic heterocycles. The van der Waals surface area contributed by atoms with E-state index in [9.17, 15) is 4.39 Å². The Labute approximate surface area is 91.8 Å². The Morgan fingerprint density at radius 1 is 0.933 bits per heavy atom. The van der Waals surface area contributed by atoms with Crippen molar-refractivity contribution in [3.63, 3.8) is 0 Å². The Bertz CT molecular complexity index is 164. The summed E-state index contributed by atoms with van der Waals surface area (Å²) >= 11 is 0. The number of hydrogen-bond acceptors (Lipinski definition) is 2. The minimum Gasteiger partial charge on any atom is -0.375 e. The molecular formula is C12H22FNO. The molecule has 2 rings (SSSR count). The van der Waals surface area contributed by atoms with E-state index in [1.54, 1.807) is 0 Å². The molecule has 1 heterocycles. The summed E-state index contributed by atoms with van der Waals surface area (Å²) in [5.74, 6) is 0. The number of alkyl halides is 1. The molecule has 15 heavy (non-hydrogen) atoms. The zero-order valence-corrected chi connectivity index (χ0v) is 9.62. The topological polar surface area (TPSA) is 12.5 Å². The molecule has 0 spiro atoms. The highest BCUT2D eigenvalue weighted by molar-refractivity contribution is 4.76. The number of ether oxygens (including phenoxy) is 1. The second-order valence-corrected chi connectivity index (χ2v) is 5.01. The van der Waals surface area contributed by atoms with Gasteiger partial charge in [0.2, 0.25) is 0 Å². The van der Waals surface area contributed by atoms with Crippen LogP contribution in [0, 0.1) is 0 Å². The molecule has 2 fully saturated rings. The quantitative estimate of drug-likeness (QED) is 0.701. The highest BCUT2D eigenvalue weighted by Gasteiger charge is 2.25. The first kappa shape index (κ1) is 11.3. The molecule has 1 aliphatic heterocycles. The van der Waals surface area contributed by atoms with Gasteiger partial charge in [0.1, 0.15) is 6.17 Å². The molecule has 0 aromatic carbocycles. The lowest BCUT2D eigenvalue weighted by atomic mass is 9.95. The minimum absolute atomic E-state index is 0.338. The van der Waals surface area contributed by atoms with Crippen molar-refractivity contribution in [2.75, 3.05) is 20.1 Å². The van der Waals surface area contributed by atoms with E-state index >= 15 is 0 Å². The number of halogens is 1. The molecular weight excluding hydrogens is 193 g/mol. The standard InChI is InChI=1S/C12H22FNO/c1-14-8-6-12(7-9-14)15-11-4-2-10(13)3-5-11/h10-12H,2-9H2,1H3. The normalized spacial score (nSPS) is 35.6. The maximum absolute atomic E-state index is 12.9. The molecule has 2 nitrogen and oxygen atoms in total. The molecule has 1 aliphatic carbocycles. The molecule has 88 valence electrons. The Morgan fingerprint density at radius 2 is 1.47 bits per heavy atom. The van der Waals surface area contributed by atoms with E-state index in [1.807, 2.05) is 0 Å². The lowest BCUT2D eigenvalue weighted by molar-refractivity contribution is -0.0603. The second-order valence-electron chi connectivity index (χ2n) is 5.01. The Balaban J connectivity index is 1.68. The predicted molar refractivity (Wildman–Crippen MR) is 58.8 cm³/mol. The Morgan fingerprint density at radius 3 is 2.07 bits per heavy atom. The molecule has 0 amide bonds. The fourth-order valence-electron chi connectivity index (χ4n) is 2.55. The third kappa shape index (κ3) is 3.42. The summed E-state index contributed by atoms with van der Waals surface area (Å²) in [7, 11) is 2.16. The van der Waals surface area contributed by atoms with Crippen LogP contribution in [0.4, 0.5) is 4.39 Å². The van der Waals surface area contributed by atoms with Crippen LogP contribution in [0.1, 0.15) is 38.5 Å². The average molecular weight is 215 g/mol. The molecule has 3 heteroatoms. The largest absolute Gasteiger partial charge is 0.375 e. The van der Waals surface area contributed by atoms with Gasteiger partial charge < -0.3 is 9.64 Å². The van der Waals surface area contributed by atoms with Crippen LogP contribution in [0.15, 0.2) is 0 Å². The van der Waals surface area contributed by atoms with E-state index in [4.69, 9.17) is 4.74 Å². The van der Waals surface area contributed by atoms with E-state index in [2.05, 4.69) is 11.9 Å². The maximum Gasteiger partial charge on any atom is 0.100 e. The monoisotopic (exact) mass is 215 g/mol. The summed E-state index contributed by atoms with van der Waals surface area (Å²) in [6.07, 6.45) is 5.75. The predicted octanol–water partition coefficient (Wildman–Crippen LogP) is 2.38. The van der Waals surface area contributed by atoms with Crippen LogP contribution in [-0.4, -0.2) is 43.4 Å². The van der Waals surface area contributed by atoms with Crippen LogP contribution in [0.25, 0.3) is 0 Å².